The number of aromatic nitrogens is 2. The maximum atomic E-state index is 14.4. The number of halogens is 1. The van der Waals surface area contributed by atoms with Gasteiger partial charge in [-0.25, -0.2) is 14.4 Å². The molecule has 0 amide bonds. The van der Waals surface area contributed by atoms with Crippen LogP contribution < -0.4 is 15.4 Å². The van der Waals surface area contributed by atoms with Crippen LogP contribution in [0.1, 0.15) is 28.1 Å². The molecule has 0 radical (unpaired) electrons. The highest BCUT2D eigenvalue weighted by Gasteiger charge is 2.08. The van der Waals surface area contributed by atoms with Crippen LogP contribution in [0.15, 0.2) is 47.7 Å². The molecule has 2 aromatic heterocycles. The summed E-state index contributed by atoms with van der Waals surface area (Å²) in [5.74, 6) is 0.871. The summed E-state index contributed by atoms with van der Waals surface area (Å²) in [6.07, 6.45) is 3.18. The number of hydrogen-bond acceptors (Lipinski definition) is 5. The van der Waals surface area contributed by atoms with Crippen molar-refractivity contribution in [3.05, 3.63) is 69.7 Å². The van der Waals surface area contributed by atoms with Crippen molar-refractivity contribution in [1.29, 1.82) is 0 Å². The minimum Gasteiger partial charge on any atom is -0.453 e. The molecule has 3 rings (SSSR count). The summed E-state index contributed by atoms with van der Waals surface area (Å²) in [7, 11) is 0. The van der Waals surface area contributed by atoms with E-state index >= 15 is 0 Å². The Kier molecular flexibility index (Phi) is 7.13. The van der Waals surface area contributed by atoms with Crippen molar-refractivity contribution >= 4 is 17.3 Å². The molecule has 0 fully saturated rings. The number of rotatable bonds is 7. The molecule has 0 saturated heterocycles. The average molecular weight is 414 g/mol. The average Bonchev–Trinajstić information content (AvgIpc) is 3.04. The number of ether oxygens (including phenoxy) is 1. The molecule has 29 heavy (non-hydrogen) atoms. The molecule has 0 aliphatic heterocycles. The van der Waals surface area contributed by atoms with Crippen LogP contribution in [-0.2, 0) is 13.1 Å². The van der Waals surface area contributed by atoms with Crippen LogP contribution in [0.25, 0.3) is 0 Å². The van der Waals surface area contributed by atoms with Crippen LogP contribution in [0.5, 0.6) is 11.5 Å². The van der Waals surface area contributed by atoms with Crippen molar-refractivity contribution in [2.75, 3.05) is 6.54 Å². The Morgan fingerprint density at radius 2 is 2.10 bits per heavy atom. The quantitative estimate of drug-likeness (QED) is 0.445. The highest BCUT2D eigenvalue weighted by atomic mass is 32.1. The van der Waals surface area contributed by atoms with Gasteiger partial charge in [-0.05, 0) is 50.6 Å². The summed E-state index contributed by atoms with van der Waals surface area (Å²) in [6, 6.07) is 8.31. The zero-order valence-electron chi connectivity index (χ0n) is 16.7. The third-order valence-electron chi connectivity index (χ3n) is 4.10. The fraction of sp³-hybridized carbons (Fsp3) is 0.286. The largest absolute Gasteiger partial charge is 0.453 e. The first-order valence-electron chi connectivity index (χ1n) is 9.36. The van der Waals surface area contributed by atoms with Crippen LogP contribution in [-0.4, -0.2) is 22.5 Å². The van der Waals surface area contributed by atoms with Gasteiger partial charge < -0.3 is 15.4 Å². The standard InChI is InChI=1S/C21H24FN5OS/c1-4-24-21(26-13-20-27-14(2)15(3)29-20)25-11-16-7-8-19(18(22)10-16)28-17-6-5-9-23-12-17/h5-10,12H,4,11,13H2,1-3H3,(H2,24,25,26). The molecule has 0 unspecified atom stereocenters. The Labute approximate surface area is 173 Å². The number of nitrogens with zero attached hydrogens (tertiary/aromatic N) is 3. The SMILES string of the molecule is CCNC(=NCc1ccc(Oc2cccnc2)c(F)c1)NCc1nc(C)c(C)s1. The lowest BCUT2D eigenvalue weighted by Gasteiger charge is -2.11. The third-order valence-corrected chi connectivity index (χ3v) is 5.18. The van der Waals surface area contributed by atoms with E-state index in [1.54, 1.807) is 41.8 Å². The van der Waals surface area contributed by atoms with E-state index < -0.39 is 5.82 Å². The highest BCUT2D eigenvalue weighted by molar-refractivity contribution is 7.11. The predicted molar refractivity (Wildman–Crippen MR) is 114 cm³/mol. The maximum absolute atomic E-state index is 14.4. The second-order valence-electron chi connectivity index (χ2n) is 6.35. The van der Waals surface area contributed by atoms with Crippen LogP contribution in [0, 0.1) is 19.7 Å². The molecule has 152 valence electrons. The topological polar surface area (TPSA) is 71.4 Å². The fourth-order valence-electron chi connectivity index (χ4n) is 2.55. The number of thiazole rings is 1. The lowest BCUT2D eigenvalue weighted by molar-refractivity contribution is 0.440. The molecule has 8 heteroatoms. The maximum Gasteiger partial charge on any atom is 0.191 e. The molecule has 6 nitrogen and oxygen atoms in total. The molecular weight excluding hydrogens is 389 g/mol. The lowest BCUT2D eigenvalue weighted by Crippen LogP contribution is -2.36. The highest BCUT2D eigenvalue weighted by Crippen LogP contribution is 2.24. The van der Waals surface area contributed by atoms with Crippen molar-refractivity contribution in [2.45, 2.75) is 33.9 Å². The molecule has 2 heterocycles. The van der Waals surface area contributed by atoms with Crippen molar-refractivity contribution in [2.24, 2.45) is 4.99 Å². The zero-order valence-corrected chi connectivity index (χ0v) is 17.5. The Hall–Kier alpha value is -3.00. The molecule has 0 aliphatic rings. The van der Waals surface area contributed by atoms with Crippen LogP contribution in [0.3, 0.4) is 0 Å². The Bertz CT molecular complexity index is 955. The molecule has 3 aromatic rings. The lowest BCUT2D eigenvalue weighted by atomic mass is 10.2. The molecule has 0 saturated carbocycles. The number of benzene rings is 1. The molecule has 0 spiro atoms. The first kappa shape index (κ1) is 20.7. The minimum atomic E-state index is -0.437. The van der Waals surface area contributed by atoms with Crippen LogP contribution in [0.4, 0.5) is 4.39 Å². The summed E-state index contributed by atoms with van der Waals surface area (Å²) in [5, 5.41) is 7.47. The van der Waals surface area contributed by atoms with Crippen molar-refractivity contribution in [3.63, 3.8) is 0 Å². The Morgan fingerprint density at radius 1 is 1.24 bits per heavy atom. The molecule has 1 aromatic carbocycles. The van der Waals surface area contributed by atoms with Gasteiger partial charge >= 0.3 is 0 Å². The third kappa shape index (κ3) is 5.99. The summed E-state index contributed by atoms with van der Waals surface area (Å²) in [6.45, 7) is 7.73. The number of hydrogen-bond donors (Lipinski definition) is 2. The molecule has 2 N–H and O–H groups in total. The van der Waals surface area contributed by atoms with E-state index in [1.165, 1.54) is 17.1 Å². The Balaban J connectivity index is 1.63. The normalized spacial score (nSPS) is 11.4. The van der Waals surface area contributed by atoms with Gasteiger partial charge in [-0.15, -0.1) is 11.3 Å². The Morgan fingerprint density at radius 3 is 2.76 bits per heavy atom. The number of aryl methyl sites for hydroxylation is 2. The molecule has 0 atom stereocenters. The van der Waals surface area contributed by atoms with Crippen LogP contribution in [0.2, 0.25) is 0 Å². The van der Waals surface area contributed by atoms with E-state index in [9.17, 15) is 4.39 Å². The summed E-state index contributed by atoms with van der Waals surface area (Å²) < 4.78 is 19.9. The van der Waals surface area contributed by atoms with Crippen molar-refractivity contribution in [3.8, 4) is 11.5 Å². The van der Waals surface area contributed by atoms with Crippen molar-refractivity contribution < 1.29 is 9.13 Å². The second-order valence-corrected chi connectivity index (χ2v) is 7.64. The number of pyridine rings is 1. The second kappa shape index (κ2) is 9.97. The molecular formula is C21H24FN5OS. The smallest absolute Gasteiger partial charge is 0.191 e. The monoisotopic (exact) mass is 413 g/mol. The number of nitrogens with one attached hydrogen (secondary N) is 2. The van der Waals surface area contributed by atoms with E-state index in [2.05, 4.69) is 32.5 Å². The summed E-state index contributed by atoms with van der Waals surface area (Å²) in [5.41, 5.74) is 1.80. The van der Waals surface area contributed by atoms with Gasteiger partial charge in [-0.2, -0.15) is 0 Å². The minimum absolute atomic E-state index is 0.158. The zero-order chi connectivity index (χ0) is 20.6. The van der Waals surface area contributed by atoms with Gasteiger partial charge in [-0.1, -0.05) is 6.07 Å². The molecule has 0 aliphatic carbocycles. The van der Waals surface area contributed by atoms with Gasteiger partial charge in [-0.3, -0.25) is 4.98 Å². The fourth-order valence-corrected chi connectivity index (χ4v) is 3.42. The van der Waals surface area contributed by atoms with E-state index in [4.69, 9.17) is 4.74 Å². The van der Waals surface area contributed by atoms with Gasteiger partial charge in [0.2, 0.25) is 0 Å². The van der Waals surface area contributed by atoms with Gasteiger partial charge in [0.1, 0.15) is 10.8 Å². The first-order valence-corrected chi connectivity index (χ1v) is 10.2. The van der Waals surface area contributed by atoms with E-state index in [0.29, 0.717) is 24.8 Å². The van der Waals surface area contributed by atoms with Gasteiger partial charge in [0.05, 0.1) is 25.0 Å². The van der Waals surface area contributed by atoms with Crippen LogP contribution >= 0.6 is 11.3 Å². The first-order chi connectivity index (χ1) is 14.0. The van der Waals surface area contributed by atoms with Gasteiger partial charge in [0, 0.05) is 17.6 Å². The number of aliphatic imine (C=N–C) groups is 1. The number of guanidine groups is 1. The van der Waals surface area contributed by atoms with Gasteiger partial charge in [0.25, 0.3) is 0 Å². The summed E-state index contributed by atoms with van der Waals surface area (Å²) >= 11 is 1.67. The van der Waals surface area contributed by atoms with E-state index in [-0.39, 0.29) is 5.75 Å². The van der Waals surface area contributed by atoms with E-state index in [0.717, 1.165) is 22.8 Å². The van der Waals surface area contributed by atoms with E-state index in [1.807, 2.05) is 13.8 Å². The van der Waals surface area contributed by atoms with Crippen molar-refractivity contribution in [1.82, 2.24) is 20.6 Å². The predicted octanol–water partition coefficient (Wildman–Crippen LogP) is 4.34. The van der Waals surface area contributed by atoms with Gasteiger partial charge in [0.15, 0.2) is 17.5 Å². The molecule has 0 bridgehead atoms. The summed E-state index contributed by atoms with van der Waals surface area (Å²) in [4.78, 5) is 14.2.